The first-order chi connectivity index (χ1) is 9.14. The normalized spacial score (nSPS) is 30.4. The highest BCUT2D eigenvalue weighted by Crippen LogP contribution is 2.46. The van der Waals surface area contributed by atoms with Crippen molar-refractivity contribution in [3.05, 3.63) is 0 Å². The third kappa shape index (κ3) is 5.34. The zero-order chi connectivity index (χ0) is 15.4. The van der Waals surface area contributed by atoms with E-state index in [2.05, 4.69) is 41.5 Å². The molecule has 0 amide bonds. The maximum Gasteiger partial charge on any atom is 0.202 e. The van der Waals surface area contributed by atoms with Gasteiger partial charge in [-0.15, -0.1) is 0 Å². The number of hydrogen-bond acceptors (Lipinski definition) is 3. The zero-order valence-electron chi connectivity index (χ0n) is 14.5. The van der Waals surface area contributed by atoms with E-state index in [1.165, 1.54) is 12.8 Å². The topological polar surface area (TPSA) is 27.7 Å². The first-order valence-corrected chi connectivity index (χ1v) is 8.06. The lowest BCUT2D eigenvalue weighted by molar-refractivity contribution is -0.471. The molecule has 0 radical (unpaired) electrons. The van der Waals surface area contributed by atoms with Crippen LogP contribution in [0.5, 0.6) is 0 Å². The Kier molecular flexibility index (Phi) is 6.06. The number of methoxy groups -OCH3 is 1. The second-order valence-electron chi connectivity index (χ2n) is 8.00. The molecule has 1 rings (SSSR count). The predicted molar refractivity (Wildman–Crippen MR) is 82.3 cm³/mol. The summed E-state index contributed by atoms with van der Waals surface area (Å²) in [5.74, 6) is -0.00830. The molecule has 0 bridgehead atoms. The van der Waals surface area contributed by atoms with Gasteiger partial charge < -0.3 is 4.74 Å². The summed E-state index contributed by atoms with van der Waals surface area (Å²) in [7, 11) is 1.73. The summed E-state index contributed by atoms with van der Waals surface area (Å²) in [4.78, 5) is 11.6. The molecule has 0 aromatic rings. The molecule has 0 aromatic heterocycles. The summed E-state index contributed by atoms with van der Waals surface area (Å²) in [5, 5.41) is 0. The standard InChI is InChI=1S/C17H34O3/c1-8-9-10-16(5,6)19-20-17(18-7)12-14(2)11-15(3,4)13-17/h14H,8-13H2,1-7H3. The van der Waals surface area contributed by atoms with Crippen LogP contribution in [0.15, 0.2) is 0 Å². The van der Waals surface area contributed by atoms with E-state index >= 15 is 0 Å². The van der Waals surface area contributed by atoms with Gasteiger partial charge in [0.2, 0.25) is 5.79 Å². The number of unbranched alkanes of at least 4 members (excludes halogenated alkanes) is 1. The van der Waals surface area contributed by atoms with Gasteiger partial charge in [-0.1, -0.05) is 40.5 Å². The fourth-order valence-electron chi connectivity index (χ4n) is 3.51. The molecule has 0 heterocycles. The van der Waals surface area contributed by atoms with Gasteiger partial charge in [0.15, 0.2) is 0 Å². The maximum absolute atomic E-state index is 5.87. The van der Waals surface area contributed by atoms with E-state index in [1.807, 2.05) is 0 Å². The largest absolute Gasteiger partial charge is 0.351 e. The minimum Gasteiger partial charge on any atom is -0.351 e. The molecule has 0 saturated heterocycles. The van der Waals surface area contributed by atoms with Gasteiger partial charge in [0.25, 0.3) is 0 Å². The Morgan fingerprint density at radius 2 is 1.85 bits per heavy atom. The Hall–Kier alpha value is -0.120. The molecule has 0 spiro atoms. The number of ether oxygens (including phenoxy) is 1. The second kappa shape index (κ2) is 6.76. The predicted octanol–water partition coefficient (Wildman–Crippen LogP) is 5.09. The lowest BCUT2D eigenvalue weighted by Gasteiger charge is -2.46. The smallest absolute Gasteiger partial charge is 0.202 e. The molecular weight excluding hydrogens is 252 g/mol. The van der Waals surface area contributed by atoms with Crippen LogP contribution in [-0.2, 0) is 14.5 Å². The minimum absolute atomic E-state index is 0.227. The van der Waals surface area contributed by atoms with Gasteiger partial charge in [-0.3, -0.25) is 0 Å². The third-order valence-corrected chi connectivity index (χ3v) is 4.23. The van der Waals surface area contributed by atoms with Gasteiger partial charge in [0, 0.05) is 20.0 Å². The minimum atomic E-state index is -0.593. The van der Waals surface area contributed by atoms with Gasteiger partial charge >= 0.3 is 0 Å². The zero-order valence-corrected chi connectivity index (χ0v) is 14.5. The summed E-state index contributed by atoms with van der Waals surface area (Å²) in [6, 6.07) is 0. The van der Waals surface area contributed by atoms with Crippen LogP contribution < -0.4 is 0 Å². The molecule has 0 aromatic carbocycles. The van der Waals surface area contributed by atoms with Crippen LogP contribution in [0.25, 0.3) is 0 Å². The van der Waals surface area contributed by atoms with Gasteiger partial charge in [0.05, 0.1) is 5.60 Å². The fourth-order valence-corrected chi connectivity index (χ4v) is 3.51. The quantitative estimate of drug-likeness (QED) is 0.370. The van der Waals surface area contributed by atoms with Crippen molar-refractivity contribution in [1.82, 2.24) is 0 Å². The van der Waals surface area contributed by atoms with E-state index in [9.17, 15) is 0 Å². The summed E-state index contributed by atoms with van der Waals surface area (Å²) in [6.07, 6.45) is 6.31. The Labute approximate surface area is 125 Å². The molecule has 120 valence electrons. The molecule has 2 unspecified atom stereocenters. The second-order valence-corrected chi connectivity index (χ2v) is 8.00. The summed E-state index contributed by atoms with van der Waals surface area (Å²) < 4.78 is 5.74. The van der Waals surface area contributed by atoms with Crippen LogP contribution in [0, 0.1) is 11.3 Å². The monoisotopic (exact) mass is 286 g/mol. The van der Waals surface area contributed by atoms with Gasteiger partial charge in [0.1, 0.15) is 0 Å². The van der Waals surface area contributed by atoms with Crippen molar-refractivity contribution >= 4 is 0 Å². The highest BCUT2D eigenvalue weighted by molar-refractivity contribution is 4.88. The van der Waals surface area contributed by atoms with Crippen molar-refractivity contribution in [1.29, 1.82) is 0 Å². The molecule has 0 aliphatic heterocycles. The van der Waals surface area contributed by atoms with Crippen LogP contribution in [0.2, 0.25) is 0 Å². The van der Waals surface area contributed by atoms with Crippen molar-refractivity contribution < 1.29 is 14.5 Å². The van der Waals surface area contributed by atoms with Crippen LogP contribution in [0.3, 0.4) is 0 Å². The van der Waals surface area contributed by atoms with Crippen LogP contribution >= 0.6 is 0 Å². The first-order valence-electron chi connectivity index (χ1n) is 8.06. The molecule has 0 N–H and O–H groups in total. The van der Waals surface area contributed by atoms with Gasteiger partial charge in [-0.2, -0.15) is 0 Å². The molecule has 1 saturated carbocycles. The summed E-state index contributed by atoms with van der Waals surface area (Å²) >= 11 is 0. The Bertz CT molecular complexity index is 299. The first kappa shape index (κ1) is 17.9. The van der Waals surface area contributed by atoms with Crippen molar-refractivity contribution in [2.45, 2.75) is 91.5 Å². The molecule has 1 aliphatic carbocycles. The highest BCUT2D eigenvalue weighted by Gasteiger charge is 2.46. The van der Waals surface area contributed by atoms with Crippen molar-refractivity contribution in [3.63, 3.8) is 0 Å². The molecule has 20 heavy (non-hydrogen) atoms. The lowest BCUT2D eigenvalue weighted by Crippen LogP contribution is -2.47. The molecular formula is C17H34O3. The van der Waals surface area contributed by atoms with E-state index in [-0.39, 0.29) is 11.0 Å². The highest BCUT2D eigenvalue weighted by atomic mass is 17.2. The lowest BCUT2D eigenvalue weighted by atomic mass is 9.70. The molecule has 2 atom stereocenters. The van der Waals surface area contributed by atoms with E-state index in [0.29, 0.717) is 5.92 Å². The average molecular weight is 286 g/mol. The van der Waals surface area contributed by atoms with Crippen LogP contribution in [0.1, 0.15) is 80.1 Å². The van der Waals surface area contributed by atoms with E-state index in [0.717, 1.165) is 25.7 Å². The van der Waals surface area contributed by atoms with Gasteiger partial charge in [-0.05, 0) is 38.0 Å². The van der Waals surface area contributed by atoms with E-state index in [1.54, 1.807) is 7.11 Å². The summed E-state index contributed by atoms with van der Waals surface area (Å²) in [5.41, 5.74) is -0.0308. The maximum atomic E-state index is 5.87. The number of hydrogen-bond donors (Lipinski definition) is 0. The van der Waals surface area contributed by atoms with E-state index < -0.39 is 5.79 Å². The Morgan fingerprint density at radius 1 is 1.20 bits per heavy atom. The third-order valence-electron chi connectivity index (χ3n) is 4.23. The Morgan fingerprint density at radius 3 is 2.35 bits per heavy atom. The average Bonchev–Trinajstić information content (AvgIpc) is 2.32. The van der Waals surface area contributed by atoms with Crippen LogP contribution in [-0.4, -0.2) is 18.5 Å². The summed E-state index contributed by atoms with van der Waals surface area (Å²) in [6.45, 7) is 13.2. The molecule has 1 fully saturated rings. The molecule has 3 heteroatoms. The van der Waals surface area contributed by atoms with Crippen molar-refractivity contribution in [2.75, 3.05) is 7.11 Å². The van der Waals surface area contributed by atoms with Crippen molar-refractivity contribution in [3.8, 4) is 0 Å². The molecule has 3 nitrogen and oxygen atoms in total. The SMILES string of the molecule is CCCCC(C)(C)OOC1(OC)CC(C)CC(C)(C)C1. The van der Waals surface area contributed by atoms with E-state index in [4.69, 9.17) is 14.5 Å². The van der Waals surface area contributed by atoms with Crippen molar-refractivity contribution in [2.24, 2.45) is 11.3 Å². The fraction of sp³-hybridized carbons (Fsp3) is 1.00. The molecule has 1 aliphatic rings. The van der Waals surface area contributed by atoms with Gasteiger partial charge in [-0.25, -0.2) is 9.78 Å². The Balaban J connectivity index is 2.65. The van der Waals surface area contributed by atoms with Crippen LogP contribution in [0.4, 0.5) is 0 Å². The number of rotatable bonds is 7.